The number of carbonyl (C=O) groups excluding carboxylic acids is 3. The maximum Gasteiger partial charge on any atom is 0.274 e. The summed E-state index contributed by atoms with van der Waals surface area (Å²) in [5, 5.41) is 7.20. The number of aryl methyl sites for hydroxylation is 2. The number of hydrogen-bond donors (Lipinski definition) is 1. The lowest BCUT2D eigenvalue weighted by atomic mass is 9.73. The van der Waals surface area contributed by atoms with Crippen molar-refractivity contribution in [1.82, 2.24) is 24.9 Å². The smallest absolute Gasteiger partial charge is 0.274 e. The van der Waals surface area contributed by atoms with Crippen molar-refractivity contribution >= 4 is 17.7 Å². The lowest BCUT2D eigenvalue weighted by Crippen LogP contribution is -2.49. The highest BCUT2D eigenvalue weighted by Crippen LogP contribution is 2.38. The molecule has 9 nitrogen and oxygen atoms in total. The second-order valence-corrected chi connectivity index (χ2v) is 9.54. The number of nitrogens with one attached hydrogen (secondary N) is 1. The van der Waals surface area contributed by atoms with Crippen LogP contribution in [0.1, 0.15) is 58.6 Å². The molecular weight excluding hydrogens is 446 g/mol. The molecule has 0 unspecified atom stereocenters. The van der Waals surface area contributed by atoms with Crippen LogP contribution in [-0.2, 0) is 11.8 Å². The minimum absolute atomic E-state index is 0.0366. The molecule has 1 aromatic heterocycles. The zero-order chi connectivity index (χ0) is 25.0. The van der Waals surface area contributed by atoms with Crippen LogP contribution in [0.2, 0.25) is 0 Å². The third-order valence-electron chi connectivity index (χ3n) is 7.41. The van der Waals surface area contributed by atoms with Crippen molar-refractivity contribution in [3.8, 4) is 5.75 Å². The molecule has 5 rings (SSSR count). The van der Waals surface area contributed by atoms with Gasteiger partial charge in [0.2, 0.25) is 5.91 Å². The molecule has 2 aromatic rings. The predicted molar refractivity (Wildman–Crippen MR) is 131 cm³/mol. The van der Waals surface area contributed by atoms with Crippen molar-refractivity contribution in [2.45, 2.75) is 39.0 Å². The highest BCUT2D eigenvalue weighted by molar-refractivity contribution is 5.97. The molecule has 1 fully saturated rings. The maximum atomic E-state index is 13.3. The Balaban J connectivity index is 1.60. The van der Waals surface area contributed by atoms with Crippen molar-refractivity contribution in [1.29, 1.82) is 0 Å². The van der Waals surface area contributed by atoms with E-state index in [0.29, 0.717) is 56.0 Å². The van der Waals surface area contributed by atoms with Crippen LogP contribution in [0.4, 0.5) is 0 Å². The van der Waals surface area contributed by atoms with Gasteiger partial charge in [0.15, 0.2) is 5.69 Å². The fourth-order valence-electron chi connectivity index (χ4n) is 5.11. The van der Waals surface area contributed by atoms with Gasteiger partial charge in [-0.3, -0.25) is 19.1 Å². The monoisotopic (exact) mass is 481 g/mol. The first kappa shape index (κ1) is 24.8. The van der Waals surface area contributed by atoms with Gasteiger partial charge in [-0.05, 0) is 50.8 Å². The van der Waals surface area contributed by atoms with Crippen molar-refractivity contribution in [3.05, 3.63) is 47.3 Å². The van der Waals surface area contributed by atoms with E-state index in [-0.39, 0.29) is 24.3 Å². The minimum Gasteiger partial charge on any atom is -0.491 e. The highest BCUT2D eigenvalue weighted by atomic mass is 16.5. The van der Waals surface area contributed by atoms with Gasteiger partial charge in [0.05, 0.1) is 17.5 Å². The number of benzene rings is 1. The molecule has 35 heavy (non-hydrogen) atoms. The van der Waals surface area contributed by atoms with E-state index in [1.807, 2.05) is 31.0 Å². The van der Waals surface area contributed by atoms with Crippen molar-refractivity contribution in [2.75, 3.05) is 39.8 Å². The molecule has 4 heterocycles. The summed E-state index contributed by atoms with van der Waals surface area (Å²) in [5.74, 6) is 0.322. The number of piperidine rings is 1. The van der Waals surface area contributed by atoms with E-state index >= 15 is 0 Å². The average Bonchev–Trinajstić information content (AvgIpc) is 3.21. The molecule has 3 amide bonds. The van der Waals surface area contributed by atoms with E-state index in [0.717, 1.165) is 25.0 Å². The molecule has 1 saturated heterocycles. The Morgan fingerprint density at radius 3 is 2.49 bits per heavy atom. The van der Waals surface area contributed by atoms with E-state index in [9.17, 15) is 14.4 Å². The molecule has 0 spiro atoms. The predicted octanol–water partition coefficient (Wildman–Crippen LogP) is 2.40. The molecule has 0 atom stereocenters. The van der Waals surface area contributed by atoms with Crippen LogP contribution < -0.4 is 10.1 Å². The van der Waals surface area contributed by atoms with Crippen LogP contribution in [-0.4, -0.2) is 77.1 Å². The Kier molecular flexibility index (Phi) is 7.42. The SMILES string of the molecule is CNC(=O)C12CCCCN(C(=O)c3cc(C)n(C)n3)CCOc3ccccc3C(=O)N(CC1)CC2. The summed E-state index contributed by atoms with van der Waals surface area (Å²) < 4.78 is 7.72. The lowest BCUT2D eigenvalue weighted by Gasteiger charge is -2.40. The van der Waals surface area contributed by atoms with Crippen LogP contribution in [0.3, 0.4) is 0 Å². The fraction of sp³-hybridized carbons (Fsp3) is 0.538. The normalized spacial score (nSPS) is 18.8. The molecule has 0 radical (unpaired) electrons. The van der Waals surface area contributed by atoms with Crippen LogP contribution in [0.25, 0.3) is 0 Å². The summed E-state index contributed by atoms with van der Waals surface area (Å²) in [6.07, 6.45) is 3.56. The van der Waals surface area contributed by atoms with Gasteiger partial charge in [-0.1, -0.05) is 18.6 Å². The standard InChI is InChI=1S/C26H35N5O4/c1-19-18-21(28-29(19)3)24(33)30-13-7-6-10-26(25(34)27-2)11-14-31(15-12-26)23(32)20-8-4-5-9-22(20)35-17-16-30/h4-5,8-9,18H,6-7,10-17H2,1-3H3,(H,27,34). The first-order chi connectivity index (χ1) is 16.8. The lowest BCUT2D eigenvalue weighted by molar-refractivity contribution is -0.133. The zero-order valence-electron chi connectivity index (χ0n) is 20.9. The number of amides is 3. The zero-order valence-corrected chi connectivity index (χ0v) is 20.9. The Hall–Kier alpha value is -3.36. The molecule has 9 heteroatoms. The van der Waals surface area contributed by atoms with Crippen molar-refractivity contribution in [3.63, 3.8) is 0 Å². The fourth-order valence-corrected chi connectivity index (χ4v) is 5.11. The Labute approximate surface area is 206 Å². The number of rotatable bonds is 2. The van der Waals surface area contributed by atoms with E-state index < -0.39 is 5.41 Å². The first-order valence-corrected chi connectivity index (χ1v) is 12.4. The summed E-state index contributed by atoms with van der Waals surface area (Å²) >= 11 is 0. The summed E-state index contributed by atoms with van der Waals surface area (Å²) in [7, 11) is 3.49. The van der Waals surface area contributed by atoms with Gasteiger partial charge >= 0.3 is 0 Å². The Morgan fingerprint density at radius 2 is 1.80 bits per heavy atom. The molecule has 1 aromatic carbocycles. The largest absolute Gasteiger partial charge is 0.491 e. The van der Waals surface area contributed by atoms with Gasteiger partial charge < -0.3 is 19.9 Å². The average molecular weight is 482 g/mol. The summed E-state index contributed by atoms with van der Waals surface area (Å²) in [5.41, 5.74) is 1.34. The van der Waals surface area contributed by atoms with Gasteiger partial charge in [0.1, 0.15) is 12.4 Å². The number of aromatic nitrogens is 2. The van der Waals surface area contributed by atoms with Gasteiger partial charge in [-0.15, -0.1) is 0 Å². The third kappa shape index (κ3) is 5.18. The summed E-state index contributed by atoms with van der Waals surface area (Å²) in [6.45, 7) is 4.17. The van der Waals surface area contributed by atoms with Gasteiger partial charge in [0, 0.05) is 39.4 Å². The first-order valence-electron chi connectivity index (χ1n) is 12.4. The highest BCUT2D eigenvalue weighted by Gasteiger charge is 2.41. The molecule has 2 bridgehead atoms. The number of nitrogens with zero attached hydrogens (tertiary/aromatic N) is 4. The maximum absolute atomic E-state index is 13.3. The number of hydrogen-bond acceptors (Lipinski definition) is 5. The third-order valence-corrected chi connectivity index (χ3v) is 7.41. The van der Waals surface area contributed by atoms with Crippen molar-refractivity contribution in [2.24, 2.45) is 12.5 Å². The van der Waals surface area contributed by atoms with Gasteiger partial charge in [-0.2, -0.15) is 5.10 Å². The van der Waals surface area contributed by atoms with E-state index in [4.69, 9.17) is 4.74 Å². The van der Waals surface area contributed by atoms with Crippen LogP contribution >= 0.6 is 0 Å². The second-order valence-electron chi connectivity index (χ2n) is 9.54. The Morgan fingerprint density at radius 1 is 1.06 bits per heavy atom. The molecule has 188 valence electrons. The summed E-state index contributed by atoms with van der Waals surface area (Å²) in [4.78, 5) is 43.1. The number of ether oxygens (including phenoxy) is 1. The molecule has 1 N–H and O–H groups in total. The van der Waals surface area contributed by atoms with Crippen LogP contribution in [0, 0.1) is 12.3 Å². The van der Waals surface area contributed by atoms with Gasteiger partial charge in [0.25, 0.3) is 11.8 Å². The van der Waals surface area contributed by atoms with E-state index in [2.05, 4.69) is 10.4 Å². The van der Waals surface area contributed by atoms with Crippen molar-refractivity contribution < 1.29 is 19.1 Å². The summed E-state index contributed by atoms with van der Waals surface area (Å²) in [6, 6.07) is 9.02. The van der Waals surface area contributed by atoms with E-state index in [1.165, 1.54) is 0 Å². The van der Waals surface area contributed by atoms with Crippen LogP contribution in [0.5, 0.6) is 5.75 Å². The van der Waals surface area contributed by atoms with Gasteiger partial charge in [-0.25, -0.2) is 0 Å². The Bertz CT molecular complexity index is 1070. The van der Waals surface area contributed by atoms with E-state index in [1.54, 1.807) is 34.8 Å². The molecule has 3 aliphatic heterocycles. The molecule has 3 aliphatic rings. The van der Waals surface area contributed by atoms with Crippen LogP contribution in [0.15, 0.2) is 30.3 Å². The molecule has 0 aliphatic carbocycles. The number of carbonyl (C=O) groups is 3. The quantitative estimate of drug-likeness (QED) is 0.711. The second kappa shape index (κ2) is 10.5. The minimum atomic E-state index is -0.491. The molecule has 0 saturated carbocycles. The number of fused-ring (bicyclic) bond motifs is 9. The number of para-hydroxylation sites is 1. The molecular formula is C26H35N5O4. The topological polar surface area (TPSA) is 96.8 Å².